The summed E-state index contributed by atoms with van der Waals surface area (Å²) in [5.41, 5.74) is 0. The van der Waals surface area contributed by atoms with Crippen molar-refractivity contribution in [3.05, 3.63) is 29.1 Å². The van der Waals surface area contributed by atoms with Gasteiger partial charge in [-0.05, 0) is 19.1 Å². The van der Waals surface area contributed by atoms with Gasteiger partial charge >= 0.3 is 5.97 Å². The van der Waals surface area contributed by atoms with Gasteiger partial charge in [-0.1, -0.05) is 24.0 Å². The second-order valence-electron chi connectivity index (χ2n) is 3.58. The maximum absolute atomic E-state index is 12.0. The van der Waals surface area contributed by atoms with Crippen LogP contribution in [-0.2, 0) is 9.59 Å². The highest BCUT2D eigenvalue weighted by Crippen LogP contribution is 2.33. The standard InChI is InChI=1S/C11H9NO4S2/c1-6(10(14)15)12-9(13)8(18-11(12)17)5-7-3-2-4-16-7/h2-6H,1H3,(H,14,15)/t6-/m0/s1. The number of nitrogens with zero attached hydrogens (tertiary/aromatic N) is 1. The van der Waals surface area contributed by atoms with Crippen molar-refractivity contribution < 1.29 is 19.1 Å². The van der Waals surface area contributed by atoms with Gasteiger partial charge in [0.25, 0.3) is 5.91 Å². The molecule has 5 nitrogen and oxygen atoms in total. The number of rotatable bonds is 3. The van der Waals surface area contributed by atoms with Gasteiger partial charge < -0.3 is 9.52 Å². The van der Waals surface area contributed by atoms with Crippen LogP contribution in [0.5, 0.6) is 0 Å². The molecule has 0 spiro atoms. The van der Waals surface area contributed by atoms with Crippen LogP contribution in [0.1, 0.15) is 12.7 Å². The SMILES string of the molecule is C[C@@H](C(=O)O)N1C(=O)C(=Cc2ccco2)SC1=S. The number of thiocarbonyl (C=S) groups is 1. The van der Waals surface area contributed by atoms with Crippen molar-refractivity contribution in [3.8, 4) is 0 Å². The average molecular weight is 283 g/mol. The zero-order valence-electron chi connectivity index (χ0n) is 9.32. The normalized spacial score (nSPS) is 19.6. The summed E-state index contributed by atoms with van der Waals surface area (Å²) in [5.74, 6) is -0.972. The van der Waals surface area contributed by atoms with E-state index in [4.69, 9.17) is 21.7 Å². The lowest BCUT2D eigenvalue weighted by Crippen LogP contribution is -2.41. The zero-order chi connectivity index (χ0) is 13.3. The molecule has 0 aromatic carbocycles. The highest BCUT2D eigenvalue weighted by Gasteiger charge is 2.38. The molecule has 2 rings (SSSR count). The third kappa shape index (κ3) is 2.32. The van der Waals surface area contributed by atoms with Gasteiger partial charge in [-0.3, -0.25) is 9.69 Å². The monoisotopic (exact) mass is 283 g/mol. The number of carboxylic acids is 1. The zero-order valence-corrected chi connectivity index (χ0v) is 11.0. The number of carbonyl (C=O) groups is 2. The number of hydrogen-bond acceptors (Lipinski definition) is 5. The van der Waals surface area contributed by atoms with E-state index in [0.717, 1.165) is 16.7 Å². The lowest BCUT2D eigenvalue weighted by Gasteiger charge is -2.18. The minimum Gasteiger partial charge on any atom is -0.480 e. The van der Waals surface area contributed by atoms with Gasteiger partial charge in [0.05, 0.1) is 11.2 Å². The van der Waals surface area contributed by atoms with Gasteiger partial charge in [0.2, 0.25) is 0 Å². The summed E-state index contributed by atoms with van der Waals surface area (Å²) in [6.07, 6.45) is 3.04. The van der Waals surface area contributed by atoms with Crippen LogP contribution in [0.15, 0.2) is 27.7 Å². The number of carboxylic acid groups (broad SMARTS) is 1. The number of carbonyl (C=O) groups excluding carboxylic acids is 1. The van der Waals surface area contributed by atoms with Crippen molar-refractivity contribution in [2.24, 2.45) is 0 Å². The van der Waals surface area contributed by atoms with Crippen LogP contribution >= 0.6 is 24.0 Å². The van der Waals surface area contributed by atoms with Crippen molar-refractivity contribution in [2.75, 3.05) is 0 Å². The van der Waals surface area contributed by atoms with E-state index in [2.05, 4.69) is 0 Å². The van der Waals surface area contributed by atoms with E-state index in [1.807, 2.05) is 0 Å². The van der Waals surface area contributed by atoms with E-state index in [1.54, 1.807) is 18.2 Å². The van der Waals surface area contributed by atoms with Crippen LogP contribution in [0.4, 0.5) is 0 Å². The molecular formula is C11H9NO4S2. The van der Waals surface area contributed by atoms with E-state index in [0.29, 0.717) is 10.7 Å². The van der Waals surface area contributed by atoms with E-state index in [9.17, 15) is 9.59 Å². The molecule has 0 radical (unpaired) electrons. The summed E-state index contributed by atoms with van der Waals surface area (Å²) >= 11 is 6.09. The lowest BCUT2D eigenvalue weighted by molar-refractivity contribution is -0.144. The van der Waals surface area contributed by atoms with E-state index in [1.165, 1.54) is 13.2 Å². The fraction of sp³-hybridized carbons (Fsp3) is 0.182. The highest BCUT2D eigenvalue weighted by molar-refractivity contribution is 8.26. The van der Waals surface area contributed by atoms with Crippen molar-refractivity contribution >= 4 is 46.3 Å². The maximum Gasteiger partial charge on any atom is 0.326 e. The van der Waals surface area contributed by atoms with Crippen molar-refractivity contribution in [3.63, 3.8) is 0 Å². The predicted octanol–water partition coefficient (Wildman–Crippen LogP) is 1.95. The molecule has 1 N–H and O–H groups in total. The number of amides is 1. The Morgan fingerprint density at radius 3 is 2.94 bits per heavy atom. The molecule has 0 aliphatic carbocycles. The Labute approximate surface area is 112 Å². The lowest BCUT2D eigenvalue weighted by atomic mass is 10.3. The molecule has 1 aliphatic heterocycles. The molecule has 1 saturated heterocycles. The second kappa shape index (κ2) is 4.95. The maximum atomic E-state index is 12.0. The van der Waals surface area contributed by atoms with Crippen LogP contribution in [0.25, 0.3) is 6.08 Å². The second-order valence-corrected chi connectivity index (χ2v) is 5.26. The van der Waals surface area contributed by atoms with Crippen LogP contribution in [0.2, 0.25) is 0 Å². The molecule has 2 heterocycles. The molecule has 1 amide bonds. The summed E-state index contributed by atoms with van der Waals surface area (Å²) in [6, 6.07) is 2.43. The summed E-state index contributed by atoms with van der Waals surface area (Å²) in [4.78, 5) is 24.4. The van der Waals surface area contributed by atoms with E-state index < -0.39 is 17.9 Å². The first-order chi connectivity index (χ1) is 8.50. The van der Waals surface area contributed by atoms with Gasteiger partial charge in [0, 0.05) is 6.08 Å². The van der Waals surface area contributed by atoms with Gasteiger partial charge in [-0.2, -0.15) is 0 Å². The molecule has 1 aliphatic rings. The third-order valence-electron chi connectivity index (χ3n) is 2.38. The van der Waals surface area contributed by atoms with E-state index >= 15 is 0 Å². The Hall–Kier alpha value is -1.60. The Morgan fingerprint density at radius 1 is 1.67 bits per heavy atom. The Bertz CT molecular complexity index is 535. The molecule has 0 unspecified atom stereocenters. The summed E-state index contributed by atoms with van der Waals surface area (Å²) in [5, 5.41) is 8.92. The van der Waals surface area contributed by atoms with Crippen LogP contribution in [0, 0.1) is 0 Å². The number of hydrogen-bond donors (Lipinski definition) is 1. The fourth-order valence-corrected chi connectivity index (χ4v) is 2.83. The first-order valence-corrected chi connectivity index (χ1v) is 6.26. The largest absolute Gasteiger partial charge is 0.480 e. The fourth-order valence-electron chi connectivity index (χ4n) is 1.43. The van der Waals surface area contributed by atoms with Gasteiger partial charge in [0.15, 0.2) is 0 Å². The summed E-state index contributed by atoms with van der Waals surface area (Å²) in [6.45, 7) is 1.42. The number of thioether (sulfide) groups is 1. The number of aliphatic carboxylic acids is 1. The molecule has 1 aromatic rings. The molecule has 94 valence electrons. The minimum absolute atomic E-state index is 0.243. The highest BCUT2D eigenvalue weighted by atomic mass is 32.2. The quantitative estimate of drug-likeness (QED) is 0.675. The Morgan fingerprint density at radius 2 is 2.39 bits per heavy atom. The smallest absolute Gasteiger partial charge is 0.326 e. The van der Waals surface area contributed by atoms with Crippen molar-refractivity contribution in [1.29, 1.82) is 0 Å². The van der Waals surface area contributed by atoms with Crippen molar-refractivity contribution in [2.45, 2.75) is 13.0 Å². The first kappa shape index (κ1) is 12.8. The molecular weight excluding hydrogens is 274 g/mol. The Kier molecular flexibility index (Phi) is 3.53. The molecule has 1 atom stereocenters. The topological polar surface area (TPSA) is 70.8 Å². The van der Waals surface area contributed by atoms with Gasteiger partial charge in [-0.15, -0.1) is 0 Å². The third-order valence-corrected chi connectivity index (χ3v) is 3.72. The van der Waals surface area contributed by atoms with Crippen LogP contribution in [0.3, 0.4) is 0 Å². The predicted molar refractivity (Wildman–Crippen MR) is 70.8 cm³/mol. The molecule has 7 heteroatoms. The molecule has 1 aromatic heterocycles. The van der Waals surface area contributed by atoms with Crippen LogP contribution in [-0.4, -0.2) is 32.2 Å². The van der Waals surface area contributed by atoms with Crippen molar-refractivity contribution in [1.82, 2.24) is 4.90 Å². The summed E-state index contributed by atoms with van der Waals surface area (Å²) < 4.78 is 5.35. The van der Waals surface area contributed by atoms with Gasteiger partial charge in [0.1, 0.15) is 16.1 Å². The number of furan rings is 1. The van der Waals surface area contributed by atoms with Gasteiger partial charge in [-0.25, -0.2) is 4.79 Å². The molecule has 0 saturated carbocycles. The molecule has 18 heavy (non-hydrogen) atoms. The van der Waals surface area contributed by atoms with Crippen LogP contribution < -0.4 is 0 Å². The first-order valence-electron chi connectivity index (χ1n) is 5.04. The Balaban J connectivity index is 2.27. The van der Waals surface area contributed by atoms with E-state index in [-0.39, 0.29) is 4.32 Å². The molecule has 0 bridgehead atoms. The minimum atomic E-state index is -1.09. The average Bonchev–Trinajstić information content (AvgIpc) is 2.88. The summed E-state index contributed by atoms with van der Waals surface area (Å²) in [7, 11) is 0. The molecule has 1 fully saturated rings.